The minimum absolute atomic E-state index is 0.258. The van der Waals surface area contributed by atoms with E-state index in [4.69, 9.17) is 9.47 Å². The molecule has 186 valence electrons. The van der Waals surface area contributed by atoms with Crippen molar-refractivity contribution in [1.82, 2.24) is 0 Å². The summed E-state index contributed by atoms with van der Waals surface area (Å²) in [5, 5.41) is 4.20. The predicted molar refractivity (Wildman–Crippen MR) is 143 cm³/mol. The van der Waals surface area contributed by atoms with Crippen molar-refractivity contribution in [2.24, 2.45) is 23.7 Å². The van der Waals surface area contributed by atoms with E-state index in [-0.39, 0.29) is 23.8 Å². The van der Waals surface area contributed by atoms with Crippen molar-refractivity contribution >= 4 is 33.5 Å². The maximum atomic E-state index is 13.4. The number of ether oxygens (including phenoxy) is 2. The Hall–Kier alpha value is -3.66. The number of carbonyl (C=O) groups is 2. The number of rotatable bonds is 4. The summed E-state index contributed by atoms with van der Waals surface area (Å²) in [5.74, 6) is 0.973. The van der Waals surface area contributed by atoms with Crippen molar-refractivity contribution in [3.05, 3.63) is 96.1 Å². The van der Waals surface area contributed by atoms with Gasteiger partial charge in [-0.3, -0.25) is 0 Å². The van der Waals surface area contributed by atoms with E-state index in [1.54, 1.807) is 0 Å². The van der Waals surface area contributed by atoms with Crippen LogP contribution in [0.2, 0.25) is 0 Å². The molecule has 0 aliphatic heterocycles. The molecule has 3 aliphatic carbocycles. The third-order valence-corrected chi connectivity index (χ3v) is 9.14. The highest BCUT2D eigenvalue weighted by Crippen LogP contribution is 2.59. The van der Waals surface area contributed by atoms with Crippen LogP contribution in [0.1, 0.15) is 52.8 Å². The van der Waals surface area contributed by atoms with Gasteiger partial charge in [-0.25, -0.2) is 9.59 Å². The quantitative estimate of drug-likeness (QED) is 0.284. The number of benzene rings is 4. The van der Waals surface area contributed by atoms with Gasteiger partial charge in [0.1, 0.15) is 12.2 Å². The van der Waals surface area contributed by atoms with E-state index in [0.717, 1.165) is 28.0 Å². The Morgan fingerprint density at radius 3 is 1.43 bits per heavy atom. The summed E-state index contributed by atoms with van der Waals surface area (Å²) in [6, 6.07) is 27.4. The van der Waals surface area contributed by atoms with Gasteiger partial charge in [0.05, 0.1) is 11.1 Å². The third kappa shape index (κ3) is 3.90. The summed E-state index contributed by atoms with van der Waals surface area (Å²) in [7, 11) is 0. The van der Waals surface area contributed by atoms with E-state index >= 15 is 0 Å². The Labute approximate surface area is 216 Å². The molecule has 3 aliphatic rings. The maximum absolute atomic E-state index is 13.4. The fraction of sp³-hybridized carbons (Fsp3) is 0.333. The normalized spacial score (nSPS) is 28.2. The second-order valence-corrected chi connectivity index (χ2v) is 11.0. The van der Waals surface area contributed by atoms with Crippen LogP contribution >= 0.6 is 0 Å². The molecule has 3 fully saturated rings. The first kappa shape index (κ1) is 22.5. The maximum Gasteiger partial charge on any atom is 0.338 e. The van der Waals surface area contributed by atoms with Crippen LogP contribution in [0.5, 0.6) is 0 Å². The summed E-state index contributed by atoms with van der Waals surface area (Å²) in [6.45, 7) is 0. The van der Waals surface area contributed by atoms with Crippen molar-refractivity contribution < 1.29 is 19.1 Å². The highest BCUT2D eigenvalue weighted by Gasteiger charge is 2.61. The summed E-state index contributed by atoms with van der Waals surface area (Å²) in [6.07, 6.45) is 5.01. The van der Waals surface area contributed by atoms with Crippen molar-refractivity contribution in [2.75, 3.05) is 0 Å². The molecule has 0 saturated heterocycles. The number of esters is 2. The zero-order valence-corrected chi connectivity index (χ0v) is 20.7. The first-order valence-electron chi connectivity index (χ1n) is 13.6. The molecular weight excluding hydrogens is 460 g/mol. The minimum atomic E-state index is -0.396. The molecule has 0 N–H and O–H groups in total. The van der Waals surface area contributed by atoms with Crippen molar-refractivity contribution in [3.63, 3.8) is 0 Å². The van der Waals surface area contributed by atoms with Crippen molar-refractivity contribution in [2.45, 2.75) is 44.3 Å². The Balaban J connectivity index is 1.16. The average molecular weight is 491 g/mol. The summed E-state index contributed by atoms with van der Waals surface area (Å²) in [5.41, 5.74) is 1.09. The molecule has 7 rings (SSSR count). The second kappa shape index (κ2) is 9.02. The summed E-state index contributed by atoms with van der Waals surface area (Å²) < 4.78 is 12.5. The Bertz CT molecular complexity index is 1390. The van der Waals surface area contributed by atoms with E-state index < -0.39 is 12.2 Å². The Morgan fingerprint density at radius 2 is 0.973 bits per heavy atom. The molecule has 0 spiro atoms. The predicted octanol–water partition coefficient (Wildman–Crippen LogP) is 7.20. The lowest BCUT2D eigenvalue weighted by Gasteiger charge is -2.42. The lowest BCUT2D eigenvalue weighted by molar-refractivity contribution is -0.0872. The number of hydrogen-bond donors (Lipinski definition) is 0. The molecule has 6 unspecified atom stereocenters. The van der Waals surface area contributed by atoms with Crippen molar-refractivity contribution in [1.29, 1.82) is 0 Å². The largest absolute Gasteiger partial charge is 0.455 e. The average Bonchev–Trinajstić information content (AvgIpc) is 3.49. The van der Waals surface area contributed by atoms with Gasteiger partial charge in [-0.1, -0.05) is 73.5 Å². The molecular formula is C33H30O4. The summed E-state index contributed by atoms with van der Waals surface area (Å²) in [4.78, 5) is 26.7. The molecule has 4 aromatic rings. The van der Waals surface area contributed by atoms with Crippen LogP contribution < -0.4 is 0 Å². The molecule has 4 heteroatoms. The van der Waals surface area contributed by atoms with Gasteiger partial charge in [-0.15, -0.1) is 0 Å². The molecule has 0 radical (unpaired) electrons. The lowest BCUT2D eigenvalue weighted by atomic mass is 9.69. The third-order valence-electron chi connectivity index (χ3n) is 9.14. The van der Waals surface area contributed by atoms with Gasteiger partial charge in [0, 0.05) is 11.8 Å². The lowest BCUT2D eigenvalue weighted by Crippen LogP contribution is -2.47. The van der Waals surface area contributed by atoms with Gasteiger partial charge in [-0.05, 0) is 76.9 Å². The fourth-order valence-electron chi connectivity index (χ4n) is 7.48. The Kier molecular flexibility index (Phi) is 5.49. The fourth-order valence-corrected chi connectivity index (χ4v) is 7.48. The van der Waals surface area contributed by atoms with Crippen LogP contribution in [-0.4, -0.2) is 24.1 Å². The van der Waals surface area contributed by atoms with Crippen LogP contribution in [0.3, 0.4) is 0 Å². The van der Waals surface area contributed by atoms with E-state index in [1.165, 1.54) is 25.7 Å². The summed E-state index contributed by atoms with van der Waals surface area (Å²) >= 11 is 0. The van der Waals surface area contributed by atoms with E-state index in [1.807, 2.05) is 84.9 Å². The smallest absolute Gasteiger partial charge is 0.338 e. The van der Waals surface area contributed by atoms with Crippen LogP contribution in [0, 0.1) is 23.7 Å². The molecule has 37 heavy (non-hydrogen) atoms. The first-order valence-corrected chi connectivity index (χ1v) is 13.6. The standard InChI is InChI=1S/C33H30O4/c34-32(24-15-13-20-7-1-3-9-22(20)17-24)36-30-28-19-29(27-12-6-5-11-26(27)28)31(30)37-33(35)25-16-14-21-8-2-4-10-23(21)18-25/h1-4,7-10,13-18,26-31H,5-6,11-12,19H2. The second-order valence-electron chi connectivity index (χ2n) is 11.0. The molecule has 0 amide bonds. The monoisotopic (exact) mass is 490 g/mol. The molecule has 4 nitrogen and oxygen atoms in total. The number of carbonyl (C=O) groups excluding carboxylic acids is 2. The van der Waals surface area contributed by atoms with Gasteiger partial charge in [0.2, 0.25) is 0 Å². The molecule has 2 bridgehead atoms. The molecule has 6 atom stereocenters. The highest BCUT2D eigenvalue weighted by molar-refractivity contribution is 5.96. The van der Waals surface area contributed by atoms with Crippen LogP contribution in [0.15, 0.2) is 84.9 Å². The SMILES string of the molecule is O=C(OC1C2CC(C3CCCCC32)C1OC(=O)c1ccc2ccccc2c1)c1ccc2ccccc2c1. The highest BCUT2D eigenvalue weighted by atomic mass is 16.6. The molecule has 0 aromatic heterocycles. The van der Waals surface area contributed by atoms with Crippen LogP contribution in [0.4, 0.5) is 0 Å². The van der Waals surface area contributed by atoms with Gasteiger partial charge >= 0.3 is 11.9 Å². The van der Waals surface area contributed by atoms with Gasteiger partial charge < -0.3 is 9.47 Å². The van der Waals surface area contributed by atoms with E-state index in [0.29, 0.717) is 23.0 Å². The van der Waals surface area contributed by atoms with Crippen molar-refractivity contribution in [3.8, 4) is 0 Å². The molecule has 4 aromatic carbocycles. The van der Waals surface area contributed by atoms with Gasteiger partial charge in [0.25, 0.3) is 0 Å². The van der Waals surface area contributed by atoms with Gasteiger partial charge in [0.15, 0.2) is 0 Å². The molecule has 0 heterocycles. The topological polar surface area (TPSA) is 52.6 Å². The van der Waals surface area contributed by atoms with Crippen LogP contribution in [-0.2, 0) is 9.47 Å². The van der Waals surface area contributed by atoms with E-state index in [2.05, 4.69) is 0 Å². The number of fused-ring (bicyclic) bond motifs is 7. The van der Waals surface area contributed by atoms with Crippen LogP contribution in [0.25, 0.3) is 21.5 Å². The van der Waals surface area contributed by atoms with E-state index in [9.17, 15) is 9.59 Å². The first-order chi connectivity index (χ1) is 18.2. The molecule has 3 saturated carbocycles. The number of hydrogen-bond acceptors (Lipinski definition) is 4. The Morgan fingerprint density at radius 1 is 0.541 bits per heavy atom. The van der Waals surface area contributed by atoms with Gasteiger partial charge in [-0.2, -0.15) is 0 Å². The zero-order valence-electron chi connectivity index (χ0n) is 20.7. The minimum Gasteiger partial charge on any atom is -0.455 e. The zero-order chi connectivity index (χ0) is 24.9.